The number of ketones is 1. The van der Waals surface area contributed by atoms with Gasteiger partial charge < -0.3 is 23.0 Å². The van der Waals surface area contributed by atoms with Crippen molar-refractivity contribution in [2.45, 2.75) is 13.0 Å². The van der Waals surface area contributed by atoms with Crippen LogP contribution in [-0.4, -0.2) is 37.3 Å². The lowest BCUT2D eigenvalue weighted by Gasteiger charge is -2.13. The van der Waals surface area contributed by atoms with Crippen LogP contribution in [0, 0.1) is 6.92 Å². The Bertz CT molecular complexity index is 1280. The van der Waals surface area contributed by atoms with E-state index < -0.39 is 6.10 Å². The fraction of sp³-hybridized carbons (Fsp3) is 0.208. The maximum Gasteiger partial charge on any atom is 0.247 e. The second-order valence-electron chi connectivity index (χ2n) is 7.09. The molecule has 170 valence electrons. The lowest BCUT2D eigenvalue weighted by molar-refractivity contribution is 0.0577. The van der Waals surface area contributed by atoms with E-state index in [0.29, 0.717) is 45.2 Å². The molecule has 2 aromatic heterocycles. The molecule has 0 aliphatic rings. The first-order chi connectivity index (χ1) is 15.9. The summed E-state index contributed by atoms with van der Waals surface area (Å²) >= 11 is 6.30. The Morgan fingerprint density at radius 1 is 0.939 bits per heavy atom. The zero-order valence-corrected chi connectivity index (χ0v) is 19.2. The number of methoxy groups -OCH3 is 3. The molecule has 0 aliphatic carbocycles. The summed E-state index contributed by atoms with van der Waals surface area (Å²) in [4.78, 5) is 13.1. The van der Waals surface area contributed by atoms with E-state index in [-0.39, 0.29) is 11.5 Å². The first kappa shape index (κ1) is 22.6. The molecule has 0 bridgehead atoms. The molecule has 2 aromatic carbocycles. The fourth-order valence-corrected chi connectivity index (χ4v) is 3.71. The van der Waals surface area contributed by atoms with E-state index in [2.05, 4.69) is 10.2 Å². The molecule has 4 rings (SSSR count). The van der Waals surface area contributed by atoms with Crippen molar-refractivity contribution in [3.05, 3.63) is 70.8 Å². The number of benzene rings is 2. The Hall–Kier alpha value is -3.62. The van der Waals surface area contributed by atoms with Crippen LogP contribution in [0.4, 0.5) is 0 Å². The molecule has 0 saturated carbocycles. The van der Waals surface area contributed by atoms with Gasteiger partial charge in [0.25, 0.3) is 0 Å². The second-order valence-corrected chi connectivity index (χ2v) is 7.49. The predicted octanol–water partition coefficient (Wildman–Crippen LogP) is 5.55. The van der Waals surface area contributed by atoms with E-state index in [9.17, 15) is 4.79 Å². The normalized spacial score (nSPS) is 11.9. The first-order valence-corrected chi connectivity index (χ1v) is 10.3. The largest absolute Gasteiger partial charge is 0.493 e. The number of furan rings is 1. The molecule has 0 spiro atoms. The molecular formula is C24H21ClN2O6. The van der Waals surface area contributed by atoms with Gasteiger partial charge in [-0.3, -0.25) is 4.79 Å². The molecule has 0 radical (unpaired) electrons. The van der Waals surface area contributed by atoms with Crippen LogP contribution in [0.25, 0.3) is 22.8 Å². The number of hydrogen-bond donors (Lipinski definition) is 0. The van der Waals surface area contributed by atoms with Crippen LogP contribution in [0.5, 0.6) is 11.5 Å². The van der Waals surface area contributed by atoms with Crippen molar-refractivity contribution in [2.24, 2.45) is 0 Å². The van der Waals surface area contributed by atoms with Crippen molar-refractivity contribution in [3.8, 4) is 34.3 Å². The van der Waals surface area contributed by atoms with Gasteiger partial charge in [0, 0.05) is 25.2 Å². The summed E-state index contributed by atoms with van der Waals surface area (Å²) in [5.74, 6) is 2.04. The van der Waals surface area contributed by atoms with Gasteiger partial charge in [-0.1, -0.05) is 23.7 Å². The van der Waals surface area contributed by atoms with Gasteiger partial charge in [0.1, 0.15) is 11.9 Å². The molecule has 0 saturated heterocycles. The van der Waals surface area contributed by atoms with Crippen LogP contribution in [0.2, 0.25) is 5.02 Å². The number of ether oxygens (including phenoxy) is 3. The lowest BCUT2D eigenvalue weighted by Crippen LogP contribution is -2.14. The zero-order valence-electron chi connectivity index (χ0n) is 18.4. The van der Waals surface area contributed by atoms with Crippen LogP contribution in [0.3, 0.4) is 0 Å². The van der Waals surface area contributed by atoms with E-state index >= 15 is 0 Å². The van der Waals surface area contributed by atoms with E-state index in [4.69, 9.17) is 34.6 Å². The Morgan fingerprint density at radius 2 is 1.70 bits per heavy atom. The Kier molecular flexibility index (Phi) is 6.48. The molecule has 1 atom stereocenters. The molecule has 0 N–H and O–H groups in total. The smallest absolute Gasteiger partial charge is 0.247 e. The minimum atomic E-state index is -0.850. The molecule has 0 fully saturated rings. The summed E-state index contributed by atoms with van der Waals surface area (Å²) in [6.07, 6.45) is -0.850. The fourth-order valence-electron chi connectivity index (χ4n) is 3.42. The maximum absolute atomic E-state index is 13.1. The van der Waals surface area contributed by atoms with Crippen LogP contribution in [0.1, 0.15) is 28.1 Å². The van der Waals surface area contributed by atoms with Gasteiger partial charge in [-0.2, -0.15) is 0 Å². The SMILES string of the molecule is COc1cc(-c2ccc(C(=O)C(OC)c3ccc(-c4nnc(C)o4)cc3)o2)cc(Cl)c1OC. The van der Waals surface area contributed by atoms with E-state index in [1.165, 1.54) is 21.3 Å². The van der Waals surface area contributed by atoms with Gasteiger partial charge in [0.2, 0.25) is 17.6 Å². The average Bonchev–Trinajstić information content (AvgIpc) is 3.49. The number of nitrogens with zero attached hydrogens (tertiary/aromatic N) is 2. The summed E-state index contributed by atoms with van der Waals surface area (Å²) in [5.41, 5.74) is 2.05. The van der Waals surface area contributed by atoms with Crippen molar-refractivity contribution in [1.82, 2.24) is 10.2 Å². The van der Waals surface area contributed by atoms with Crippen molar-refractivity contribution in [3.63, 3.8) is 0 Å². The average molecular weight is 469 g/mol. The second kappa shape index (κ2) is 9.48. The van der Waals surface area contributed by atoms with Crippen LogP contribution >= 0.6 is 11.6 Å². The highest BCUT2D eigenvalue weighted by molar-refractivity contribution is 6.32. The van der Waals surface area contributed by atoms with Gasteiger partial charge in [0.05, 0.1) is 19.2 Å². The highest BCUT2D eigenvalue weighted by atomic mass is 35.5. The summed E-state index contributed by atoms with van der Waals surface area (Å²) in [5, 5.41) is 8.19. The number of Topliss-reactive ketones (excluding diaryl/α,β-unsaturated/α-hetero) is 1. The molecule has 0 aliphatic heterocycles. The quantitative estimate of drug-likeness (QED) is 0.311. The summed E-state index contributed by atoms with van der Waals surface area (Å²) < 4.78 is 27.4. The molecule has 8 nitrogen and oxygen atoms in total. The molecule has 9 heteroatoms. The number of carbonyl (C=O) groups excluding carboxylic acids is 1. The van der Waals surface area contributed by atoms with Crippen molar-refractivity contribution in [2.75, 3.05) is 21.3 Å². The highest BCUT2D eigenvalue weighted by Crippen LogP contribution is 2.40. The molecule has 33 heavy (non-hydrogen) atoms. The van der Waals surface area contributed by atoms with Crippen molar-refractivity contribution in [1.29, 1.82) is 0 Å². The van der Waals surface area contributed by atoms with Gasteiger partial charge in [-0.05, 0) is 42.0 Å². The molecule has 1 unspecified atom stereocenters. The minimum absolute atomic E-state index is 0.152. The number of aromatic nitrogens is 2. The van der Waals surface area contributed by atoms with Crippen LogP contribution in [-0.2, 0) is 4.74 Å². The first-order valence-electron chi connectivity index (χ1n) is 9.94. The van der Waals surface area contributed by atoms with E-state index in [1.54, 1.807) is 55.5 Å². The highest BCUT2D eigenvalue weighted by Gasteiger charge is 2.25. The standard InChI is InChI=1S/C24H21ClN2O6/c1-13-26-27-24(32-13)15-7-5-14(6-8-15)22(30-3)21(28)19-10-9-18(33-19)16-11-17(25)23(31-4)20(12-16)29-2/h5-12,22H,1-4H3. The number of rotatable bonds is 8. The minimum Gasteiger partial charge on any atom is -0.493 e. The van der Waals surface area contributed by atoms with Gasteiger partial charge in [-0.15, -0.1) is 10.2 Å². The number of hydrogen-bond acceptors (Lipinski definition) is 8. The predicted molar refractivity (Wildman–Crippen MR) is 121 cm³/mol. The molecule has 0 amide bonds. The van der Waals surface area contributed by atoms with Gasteiger partial charge in [-0.25, -0.2) is 0 Å². The Morgan fingerprint density at radius 3 is 2.30 bits per heavy atom. The molecule has 4 aromatic rings. The van der Waals surface area contributed by atoms with E-state index in [1.807, 2.05) is 0 Å². The monoisotopic (exact) mass is 468 g/mol. The third-order valence-electron chi connectivity index (χ3n) is 5.03. The topological polar surface area (TPSA) is 96.8 Å². The third-order valence-corrected chi connectivity index (χ3v) is 5.31. The van der Waals surface area contributed by atoms with Gasteiger partial charge in [0.15, 0.2) is 17.3 Å². The van der Waals surface area contributed by atoms with Crippen LogP contribution < -0.4 is 9.47 Å². The third kappa shape index (κ3) is 4.48. The number of halogens is 1. The molecular weight excluding hydrogens is 448 g/mol. The number of carbonyl (C=O) groups is 1. The Balaban J connectivity index is 1.59. The van der Waals surface area contributed by atoms with Gasteiger partial charge >= 0.3 is 0 Å². The maximum atomic E-state index is 13.1. The number of aryl methyl sites for hydroxylation is 1. The van der Waals surface area contributed by atoms with Crippen LogP contribution in [0.15, 0.2) is 57.4 Å². The van der Waals surface area contributed by atoms with Crippen molar-refractivity contribution >= 4 is 17.4 Å². The molecule has 2 heterocycles. The van der Waals surface area contributed by atoms with E-state index in [0.717, 1.165) is 5.56 Å². The van der Waals surface area contributed by atoms with Crippen molar-refractivity contribution < 1.29 is 27.8 Å². The zero-order chi connectivity index (χ0) is 23.5. The lowest BCUT2D eigenvalue weighted by atomic mass is 10.0. The summed E-state index contributed by atoms with van der Waals surface area (Å²) in [7, 11) is 4.49. The summed E-state index contributed by atoms with van der Waals surface area (Å²) in [6.45, 7) is 1.72. The Labute approximate surface area is 195 Å². The summed E-state index contributed by atoms with van der Waals surface area (Å²) in [6, 6.07) is 13.8.